The first kappa shape index (κ1) is 17.8. The minimum atomic E-state index is -0.565. The van der Waals surface area contributed by atoms with Crippen LogP contribution in [0, 0.1) is 0 Å². The molecular formula is C17H13ClN2O3S. The zero-order valence-corrected chi connectivity index (χ0v) is 14.3. The molecule has 0 aliphatic carbocycles. The van der Waals surface area contributed by atoms with Gasteiger partial charge in [0.05, 0.1) is 23.5 Å². The lowest BCUT2D eigenvalue weighted by molar-refractivity contribution is 0.0601. The van der Waals surface area contributed by atoms with Crippen LogP contribution in [0.25, 0.3) is 0 Å². The number of hydrogen-bond donors (Lipinski definition) is 1. The fourth-order valence-electron chi connectivity index (χ4n) is 2.03. The molecule has 0 aliphatic rings. The summed E-state index contributed by atoms with van der Waals surface area (Å²) in [5.41, 5.74) is 1.65. The SMILES string of the molecule is COC(=O)c1ccc(C(=O)NCc2cccc(Cl)c2)cc1N=C=S. The lowest BCUT2D eigenvalue weighted by atomic mass is 10.1. The van der Waals surface area contributed by atoms with E-state index in [2.05, 4.69) is 32.4 Å². The molecule has 2 aromatic carbocycles. The summed E-state index contributed by atoms with van der Waals surface area (Å²) in [5.74, 6) is -0.878. The van der Waals surface area contributed by atoms with E-state index in [0.29, 0.717) is 17.1 Å². The van der Waals surface area contributed by atoms with Gasteiger partial charge in [-0.25, -0.2) is 4.79 Å². The van der Waals surface area contributed by atoms with Crippen molar-refractivity contribution in [1.82, 2.24) is 5.32 Å². The average molecular weight is 361 g/mol. The van der Waals surface area contributed by atoms with Crippen LogP contribution in [0.1, 0.15) is 26.3 Å². The van der Waals surface area contributed by atoms with E-state index in [1.807, 2.05) is 6.07 Å². The highest BCUT2D eigenvalue weighted by atomic mass is 35.5. The average Bonchev–Trinajstić information content (AvgIpc) is 2.59. The van der Waals surface area contributed by atoms with Crippen LogP contribution in [0.2, 0.25) is 5.02 Å². The summed E-state index contributed by atoms with van der Waals surface area (Å²) in [7, 11) is 1.26. The number of nitrogens with one attached hydrogen (secondary N) is 1. The number of esters is 1. The predicted octanol–water partition coefficient (Wildman–Crippen LogP) is 3.79. The summed E-state index contributed by atoms with van der Waals surface area (Å²) in [4.78, 5) is 27.8. The molecule has 1 amide bonds. The maximum Gasteiger partial charge on any atom is 0.340 e. The Morgan fingerprint density at radius 1 is 1.29 bits per heavy atom. The molecule has 0 bridgehead atoms. The van der Waals surface area contributed by atoms with Crippen LogP contribution in [0.3, 0.4) is 0 Å². The van der Waals surface area contributed by atoms with Gasteiger partial charge in [0.1, 0.15) is 0 Å². The van der Waals surface area contributed by atoms with Crippen LogP contribution in [-0.2, 0) is 11.3 Å². The largest absolute Gasteiger partial charge is 0.465 e. The lowest BCUT2D eigenvalue weighted by Gasteiger charge is -2.08. The van der Waals surface area contributed by atoms with E-state index in [9.17, 15) is 9.59 Å². The molecule has 0 saturated carbocycles. The van der Waals surface area contributed by atoms with Crippen molar-refractivity contribution in [2.24, 2.45) is 4.99 Å². The number of isothiocyanates is 1. The summed E-state index contributed by atoms with van der Waals surface area (Å²) in [6.07, 6.45) is 0. The van der Waals surface area contributed by atoms with Gasteiger partial charge in [0.25, 0.3) is 5.91 Å². The molecule has 0 aromatic heterocycles. The van der Waals surface area contributed by atoms with Crippen LogP contribution < -0.4 is 5.32 Å². The monoisotopic (exact) mass is 360 g/mol. The minimum absolute atomic E-state index is 0.209. The quantitative estimate of drug-likeness (QED) is 0.500. The highest BCUT2D eigenvalue weighted by molar-refractivity contribution is 7.78. The van der Waals surface area contributed by atoms with E-state index >= 15 is 0 Å². The summed E-state index contributed by atoms with van der Waals surface area (Å²) < 4.78 is 4.67. The fraction of sp³-hybridized carbons (Fsp3) is 0.118. The Hall–Kier alpha value is -2.53. The van der Waals surface area contributed by atoms with Crippen molar-refractivity contribution in [3.05, 3.63) is 64.2 Å². The molecule has 7 heteroatoms. The number of benzene rings is 2. The zero-order valence-electron chi connectivity index (χ0n) is 12.7. The Morgan fingerprint density at radius 3 is 2.75 bits per heavy atom. The van der Waals surface area contributed by atoms with E-state index in [-0.39, 0.29) is 17.2 Å². The van der Waals surface area contributed by atoms with E-state index in [1.165, 1.54) is 25.3 Å². The van der Waals surface area contributed by atoms with Crippen LogP contribution in [0.4, 0.5) is 5.69 Å². The highest BCUT2D eigenvalue weighted by Gasteiger charge is 2.15. The minimum Gasteiger partial charge on any atom is -0.465 e. The number of halogens is 1. The molecule has 0 saturated heterocycles. The van der Waals surface area contributed by atoms with E-state index < -0.39 is 5.97 Å². The first-order valence-electron chi connectivity index (χ1n) is 6.88. The van der Waals surface area contributed by atoms with Crippen molar-refractivity contribution in [1.29, 1.82) is 0 Å². The second kappa shape index (κ2) is 8.36. The fourth-order valence-corrected chi connectivity index (χ4v) is 2.34. The number of ether oxygens (including phenoxy) is 1. The van der Waals surface area contributed by atoms with Crippen molar-refractivity contribution < 1.29 is 14.3 Å². The van der Waals surface area contributed by atoms with Crippen molar-refractivity contribution in [3.63, 3.8) is 0 Å². The molecule has 0 spiro atoms. The molecule has 0 atom stereocenters. The number of hydrogen-bond acceptors (Lipinski definition) is 5. The van der Waals surface area contributed by atoms with Crippen LogP contribution in [-0.4, -0.2) is 24.1 Å². The summed E-state index contributed by atoms with van der Waals surface area (Å²) >= 11 is 10.5. The molecule has 0 aliphatic heterocycles. The first-order valence-corrected chi connectivity index (χ1v) is 7.66. The number of nitrogens with zero attached hydrogens (tertiary/aromatic N) is 1. The molecule has 5 nitrogen and oxygen atoms in total. The molecule has 0 unspecified atom stereocenters. The van der Waals surface area contributed by atoms with Gasteiger partial charge in [-0.1, -0.05) is 23.7 Å². The van der Waals surface area contributed by atoms with Gasteiger partial charge in [0.2, 0.25) is 0 Å². The Bertz CT molecular complexity index is 832. The zero-order chi connectivity index (χ0) is 17.5. The van der Waals surface area contributed by atoms with Gasteiger partial charge in [-0.05, 0) is 48.1 Å². The van der Waals surface area contributed by atoms with Crippen molar-refractivity contribution in [2.45, 2.75) is 6.54 Å². The van der Waals surface area contributed by atoms with Gasteiger partial charge in [-0.15, -0.1) is 0 Å². The van der Waals surface area contributed by atoms with Gasteiger partial charge in [0, 0.05) is 17.1 Å². The van der Waals surface area contributed by atoms with Gasteiger partial charge < -0.3 is 10.1 Å². The van der Waals surface area contributed by atoms with Crippen LogP contribution in [0.5, 0.6) is 0 Å². The number of amides is 1. The maximum absolute atomic E-state index is 12.3. The Morgan fingerprint density at radius 2 is 2.08 bits per heavy atom. The van der Waals surface area contributed by atoms with E-state index in [0.717, 1.165) is 5.56 Å². The number of carbonyl (C=O) groups is 2. The van der Waals surface area contributed by atoms with Crippen molar-refractivity contribution in [3.8, 4) is 0 Å². The number of aliphatic imine (C=N–C) groups is 1. The van der Waals surface area contributed by atoms with Crippen molar-refractivity contribution in [2.75, 3.05) is 7.11 Å². The second-order valence-corrected chi connectivity index (χ2v) is 5.36. The normalized spacial score (nSPS) is 9.75. The Kier molecular flexibility index (Phi) is 6.21. The number of carbonyl (C=O) groups excluding carboxylic acids is 2. The first-order chi connectivity index (χ1) is 11.5. The maximum atomic E-state index is 12.3. The molecule has 24 heavy (non-hydrogen) atoms. The van der Waals surface area contributed by atoms with E-state index in [1.54, 1.807) is 18.2 Å². The molecular weight excluding hydrogens is 348 g/mol. The molecule has 2 rings (SSSR count). The van der Waals surface area contributed by atoms with E-state index in [4.69, 9.17) is 11.6 Å². The number of thiocarbonyl (C=S) groups is 1. The third kappa shape index (κ3) is 4.49. The summed E-state index contributed by atoms with van der Waals surface area (Å²) in [6, 6.07) is 11.6. The predicted molar refractivity (Wildman–Crippen MR) is 95.1 cm³/mol. The highest BCUT2D eigenvalue weighted by Crippen LogP contribution is 2.22. The third-order valence-electron chi connectivity index (χ3n) is 3.17. The standard InChI is InChI=1S/C17H13ClN2O3S/c1-23-17(22)14-6-5-12(8-15(14)20-10-24)16(21)19-9-11-3-2-4-13(18)7-11/h2-8H,9H2,1H3,(H,19,21). The summed E-state index contributed by atoms with van der Waals surface area (Å²) in [6.45, 7) is 0.323. The topological polar surface area (TPSA) is 67.8 Å². The molecule has 122 valence electrons. The molecule has 0 heterocycles. The molecule has 1 N–H and O–H groups in total. The molecule has 0 fully saturated rings. The molecule has 2 aromatic rings. The van der Waals surface area contributed by atoms with Gasteiger partial charge in [-0.3, -0.25) is 4.79 Å². The van der Waals surface area contributed by atoms with Gasteiger partial charge in [0.15, 0.2) is 0 Å². The third-order valence-corrected chi connectivity index (χ3v) is 3.50. The Balaban J connectivity index is 2.18. The van der Waals surface area contributed by atoms with Crippen LogP contribution in [0.15, 0.2) is 47.5 Å². The smallest absolute Gasteiger partial charge is 0.340 e. The van der Waals surface area contributed by atoms with Crippen molar-refractivity contribution >= 4 is 46.5 Å². The summed E-state index contributed by atoms with van der Waals surface area (Å²) in [5, 5.41) is 5.56. The Labute approximate surface area is 149 Å². The van der Waals surface area contributed by atoms with Gasteiger partial charge in [-0.2, -0.15) is 4.99 Å². The second-order valence-electron chi connectivity index (χ2n) is 4.74. The number of methoxy groups -OCH3 is 1. The van der Waals surface area contributed by atoms with Crippen LogP contribution >= 0.6 is 23.8 Å². The lowest BCUT2D eigenvalue weighted by Crippen LogP contribution is -2.22. The molecule has 0 radical (unpaired) electrons. The van der Waals surface area contributed by atoms with Gasteiger partial charge >= 0.3 is 5.97 Å². The number of rotatable bonds is 5.